The molecule has 3 N–H and O–H groups in total. The Morgan fingerprint density at radius 3 is 2.23 bits per heavy atom. The fraction of sp³-hybridized carbons (Fsp3) is 0.585. The van der Waals surface area contributed by atoms with Crippen LogP contribution in [0, 0.1) is 5.41 Å². The number of benzene rings is 1. The normalized spacial score (nSPS) is 36.1. The first-order chi connectivity index (χ1) is 25.0. The molecule has 0 aromatic heterocycles. The standard InChI is InChI=1S/C41H54O12/c1-24-14-30-12-13-40(4,5)41(47)38(52-39(46)27-10-8-7-9-11-27)28(19-36(44)48-6)18-34(53-41)23-35(26(3)42)51-37(45)21-29(43)20-31-15-25(2)17-33(50-31)22-32(16-24)49-30/h7-13,19,26,29-35,38,42-43,47H,1-2,14-18,20-23H2,3-6H3/b13-12+,28-19+/t26-,29-,30+,31+,32+,33-,34+,35-,38+,41-/m1/s1. The summed E-state index contributed by atoms with van der Waals surface area (Å²) in [4.78, 5) is 39.5. The van der Waals surface area contributed by atoms with Gasteiger partial charge in [0.1, 0.15) is 6.10 Å². The number of cyclic esters (lactones) is 1. The van der Waals surface area contributed by atoms with Crippen molar-refractivity contribution < 1.29 is 58.1 Å². The van der Waals surface area contributed by atoms with Gasteiger partial charge < -0.3 is 43.7 Å². The zero-order chi connectivity index (χ0) is 38.5. The van der Waals surface area contributed by atoms with Gasteiger partial charge in [0.15, 0.2) is 6.10 Å². The second-order valence-electron chi connectivity index (χ2n) is 15.4. The highest BCUT2D eigenvalue weighted by Gasteiger charge is 2.58. The Balaban J connectivity index is 1.56. The fourth-order valence-corrected chi connectivity index (χ4v) is 7.67. The zero-order valence-corrected chi connectivity index (χ0v) is 31.1. The number of aliphatic hydroxyl groups excluding tert-OH is 2. The molecule has 0 saturated carbocycles. The van der Waals surface area contributed by atoms with Crippen molar-refractivity contribution in [3.63, 3.8) is 0 Å². The van der Waals surface area contributed by atoms with E-state index in [9.17, 15) is 29.7 Å². The molecule has 4 aliphatic heterocycles. The van der Waals surface area contributed by atoms with E-state index >= 15 is 0 Å². The van der Waals surface area contributed by atoms with Crippen LogP contribution in [0.1, 0.15) is 88.9 Å². The highest BCUT2D eigenvalue weighted by Crippen LogP contribution is 2.47. The molecule has 4 heterocycles. The van der Waals surface area contributed by atoms with Gasteiger partial charge >= 0.3 is 17.9 Å². The lowest BCUT2D eigenvalue weighted by Gasteiger charge is -2.51. The van der Waals surface area contributed by atoms with Crippen LogP contribution in [0.3, 0.4) is 0 Å². The van der Waals surface area contributed by atoms with Gasteiger partial charge in [-0.2, -0.15) is 0 Å². The van der Waals surface area contributed by atoms with Gasteiger partial charge in [-0.15, -0.1) is 0 Å². The van der Waals surface area contributed by atoms with E-state index in [2.05, 4.69) is 13.2 Å². The third-order valence-corrected chi connectivity index (χ3v) is 10.5. The number of carbonyl (C=O) groups is 3. The van der Waals surface area contributed by atoms with Crippen molar-refractivity contribution >= 4 is 17.9 Å². The van der Waals surface area contributed by atoms with E-state index in [0.717, 1.165) is 17.2 Å². The molecule has 6 bridgehead atoms. The Kier molecular flexibility index (Phi) is 13.2. The molecule has 5 rings (SSSR count). The van der Waals surface area contributed by atoms with E-state index < -0.39 is 65.7 Å². The van der Waals surface area contributed by atoms with Crippen LogP contribution in [0.2, 0.25) is 0 Å². The molecule has 4 aliphatic rings. The quantitative estimate of drug-likeness (QED) is 0.167. The molecule has 1 aromatic carbocycles. The number of ether oxygens (including phenoxy) is 6. The van der Waals surface area contributed by atoms with Crippen LogP contribution in [0.15, 0.2) is 78.4 Å². The minimum absolute atomic E-state index is 0.0509. The molecule has 1 aromatic rings. The summed E-state index contributed by atoms with van der Waals surface area (Å²) in [5.41, 5.74) is 1.08. The Morgan fingerprint density at radius 1 is 0.925 bits per heavy atom. The number of carbonyl (C=O) groups excluding carboxylic acids is 3. The Morgan fingerprint density at radius 2 is 1.57 bits per heavy atom. The van der Waals surface area contributed by atoms with Gasteiger partial charge in [-0.1, -0.05) is 68.5 Å². The number of aliphatic hydroxyl groups is 3. The van der Waals surface area contributed by atoms with Gasteiger partial charge in [-0.25, -0.2) is 9.59 Å². The zero-order valence-electron chi connectivity index (χ0n) is 31.1. The van der Waals surface area contributed by atoms with E-state index in [0.29, 0.717) is 32.1 Å². The van der Waals surface area contributed by atoms with Crippen molar-refractivity contribution in [2.75, 3.05) is 7.11 Å². The topological polar surface area (TPSA) is 167 Å². The largest absolute Gasteiger partial charge is 0.466 e. The van der Waals surface area contributed by atoms with Crippen LogP contribution in [0.5, 0.6) is 0 Å². The summed E-state index contributed by atoms with van der Waals surface area (Å²) in [6, 6.07) is 8.23. The van der Waals surface area contributed by atoms with Gasteiger partial charge in [0, 0.05) is 30.8 Å². The molecule has 3 fully saturated rings. The first-order valence-electron chi connectivity index (χ1n) is 18.4. The monoisotopic (exact) mass is 738 g/mol. The lowest BCUT2D eigenvalue weighted by molar-refractivity contribution is -0.324. The highest BCUT2D eigenvalue weighted by molar-refractivity contribution is 5.90. The van der Waals surface area contributed by atoms with E-state index in [-0.39, 0.29) is 55.1 Å². The summed E-state index contributed by atoms with van der Waals surface area (Å²) in [7, 11) is 1.21. The van der Waals surface area contributed by atoms with E-state index in [4.69, 9.17) is 28.4 Å². The number of methoxy groups -OCH3 is 1. The molecule has 0 radical (unpaired) electrons. The van der Waals surface area contributed by atoms with Crippen molar-refractivity contribution in [1.29, 1.82) is 0 Å². The second kappa shape index (κ2) is 17.2. The van der Waals surface area contributed by atoms with Crippen molar-refractivity contribution in [2.24, 2.45) is 5.41 Å². The van der Waals surface area contributed by atoms with Gasteiger partial charge in [0.05, 0.1) is 61.8 Å². The molecule has 53 heavy (non-hydrogen) atoms. The van der Waals surface area contributed by atoms with E-state index in [1.165, 1.54) is 14.0 Å². The van der Waals surface area contributed by atoms with Crippen molar-refractivity contribution in [3.05, 3.63) is 84.0 Å². The maximum Gasteiger partial charge on any atom is 0.338 e. The molecule has 0 aliphatic carbocycles. The molecule has 10 atom stereocenters. The van der Waals surface area contributed by atoms with Crippen molar-refractivity contribution in [1.82, 2.24) is 0 Å². The van der Waals surface area contributed by atoms with Gasteiger partial charge in [0.25, 0.3) is 0 Å². The van der Waals surface area contributed by atoms with Crippen LogP contribution >= 0.6 is 0 Å². The molecule has 0 spiro atoms. The third kappa shape index (κ3) is 10.3. The predicted molar refractivity (Wildman–Crippen MR) is 193 cm³/mol. The lowest BCUT2D eigenvalue weighted by Crippen LogP contribution is -2.62. The molecule has 12 nitrogen and oxygen atoms in total. The molecule has 290 valence electrons. The van der Waals surface area contributed by atoms with Crippen LogP contribution in [-0.4, -0.2) is 101 Å². The number of hydrogen-bond donors (Lipinski definition) is 3. The third-order valence-electron chi connectivity index (χ3n) is 10.5. The number of rotatable bonds is 4. The predicted octanol–water partition coefficient (Wildman–Crippen LogP) is 4.81. The molecular formula is C41H54O12. The molecule has 3 saturated heterocycles. The molecule has 0 unspecified atom stereocenters. The SMILES string of the molecule is C=C1C[C@@H]2C[C@@H]3CC(=C)C[C@H](/C=C/C(C)(C)[C@]4(O)O[C@@H](C/C(=C\C(=O)OC)[C@@H]4OC(=O)c4ccccc4)C[C@H]([C@@H](C)O)OC(=O)C[C@H](O)C[C@H](C1)O2)O3. The average Bonchev–Trinajstić information content (AvgIpc) is 3.07. The van der Waals surface area contributed by atoms with E-state index in [1.54, 1.807) is 50.3 Å². The Labute approximate surface area is 311 Å². The first-order valence-corrected chi connectivity index (χ1v) is 18.4. The maximum absolute atomic E-state index is 13.5. The summed E-state index contributed by atoms with van der Waals surface area (Å²) in [6.45, 7) is 13.3. The van der Waals surface area contributed by atoms with Crippen LogP contribution in [0.4, 0.5) is 0 Å². The summed E-state index contributed by atoms with van der Waals surface area (Å²) in [5.74, 6) is -4.55. The van der Waals surface area contributed by atoms with Gasteiger partial charge in [0.2, 0.25) is 5.79 Å². The second-order valence-corrected chi connectivity index (χ2v) is 15.4. The molecule has 12 heteroatoms. The first kappa shape index (κ1) is 40.5. The molecule has 0 amide bonds. The number of esters is 3. The van der Waals surface area contributed by atoms with Crippen molar-refractivity contribution in [3.8, 4) is 0 Å². The maximum atomic E-state index is 13.5. The Hall–Kier alpha value is -3.65. The van der Waals surface area contributed by atoms with Crippen LogP contribution < -0.4 is 0 Å². The smallest absolute Gasteiger partial charge is 0.338 e. The fourth-order valence-electron chi connectivity index (χ4n) is 7.67. The Bertz CT molecular complexity index is 1560. The van der Waals surface area contributed by atoms with E-state index in [1.807, 2.05) is 6.08 Å². The van der Waals surface area contributed by atoms with Crippen LogP contribution in [0.25, 0.3) is 0 Å². The minimum Gasteiger partial charge on any atom is -0.466 e. The summed E-state index contributed by atoms with van der Waals surface area (Å²) in [5, 5.41) is 34.5. The summed E-state index contributed by atoms with van der Waals surface area (Å²) >= 11 is 0. The number of fused-ring (bicyclic) bond motifs is 6. The molecular weight excluding hydrogens is 684 g/mol. The average molecular weight is 739 g/mol. The summed E-state index contributed by atoms with van der Waals surface area (Å²) < 4.78 is 36.1. The minimum atomic E-state index is -2.31. The van der Waals surface area contributed by atoms with Gasteiger partial charge in [-0.05, 0) is 56.7 Å². The summed E-state index contributed by atoms with van der Waals surface area (Å²) in [6.07, 6.45) is 0.355. The van der Waals surface area contributed by atoms with Crippen LogP contribution in [-0.2, 0) is 38.0 Å². The van der Waals surface area contributed by atoms with Crippen molar-refractivity contribution in [2.45, 2.75) is 139 Å². The highest BCUT2D eigenvalue weighted by atomic mass is 16.7. The lowest BCUT2D eigenvalue weighted by atomic mass is 9.74. The number of hydrogen-bond acceptors (Lipinski definition) is 12. The van der Waals surface area contributed by atoms with Gasteiger partial charge in [-0.3, -0.25) is 4.79 Å².